The van der Waals surface area contributed by atoms with Crippen molar-refractivity contribution in [3.8, 4) is 0 Å². The lowest BCUT2D eigenvalue weighted by Gasteiger charge is -2.17. The predicted octanol–water partition coefficient (Wildman–Crippen LogP) is 0.523. The Kier molecular flexibility index (Phi) is 8.27. The quantitative estimate of drug-likeness (QED) is 0.115. The molecule has 0 amide bonds. The second kappa shape index (κ2) is 12.2. The Bertz CT molecular complexity index is 1640. The van der Waals surface area contributed by atoms with Crippen LogP contribution in [0, 0.1) is 0 Å². The van der Waals surface area contributed by atoms with Crippen molar-refractivity contribution in [1.29, 1.82) is 0 Å². The van der Waals surface area contributed by atoms with Crippen molar-refractivity contribution in [3.05, 3.63) is 92.8 Å². The fourth-order valence-electron chi connectivity index (χ4n) is 4.67. The van der Waals surface area contributed by atoms with Gasteiger partial charge in [0.1, 0.15) is 11.0 Å². The zero-order valence-electron chi connectivity index (χ0n) is 21.4. The van der Waals surface area contributed by atoms with Crippen LogP contribution in [-0.2, 0) is 26.1 Å². The summed E-state index contributed by atoms with van der Waals surface area (Å²) in [4.78, 5) is 42.3. The Hall–Kier alpha value is -4.10. The number of H-pyrrole nitrogens is 3. The number of aromatic nitrogens is 6. The van der Waals surface area contributed by atoms with Crippen LogP contribution >= 0.6 is 0 Å². The highest BCUT2D eigenvalue weighted by molar-refractivity contribution is 5.78. The second-order valence-electron chi connectivity index (χ2n) is 9.55. The van der Waals surface area contributed by atoms with Gasteiger partial charge in [0.25, 0.3) is 11.1 Å². The molecule has 0 saturated carbocycles. The maximum absolute atomic E-state index is 13.2. The van der Waals surface area contributed by atoms with Crippen LogP contribution in [-0.4, -0.2) is 65.0 Å². The lowest BCUT2D eigenvalue weighted by molar-refractivity contribution is 0.227. The van der Waals surface area contributed by atoms with Crippen molar-refractivity contribution in [2.45, 2.75) is 44.6 Å². The molecule has 7 N–H and O–H groups in total. The molecule has 5 aromatic rings. The van der Waals surface area contributed by atoms with E-state index in [0.29, 0.717) is 35.2 Å². The molecule has 39 heavy (non-hydrogen) atoms. The summed E-state index contributed by atoms with van der Waals surface area (Å²) in [7, 11) is 0. The molecule has 0 saturated heterocycles. The highest BCUT2D eigenvalue weighted by Crippen LogP contribution is 2.14. The number of fused-ring (bicyclic) bond motifs is 2. The van der Waals surface area contributed by atoms with Crippen molar-refractivity contribution >= 4 is 22.1 Å². The van der Waals surface area contributed by atoms with E-state index in [4.69, 9.17) is 0 Å². The molecule has 0 bridgehead atoms. The number of aryl methyl sites for hydroxylation is 1. The van der Waals surface area contributed by atoms with E-state index in [9.17, 15) is 19.8 Å². The summed E-state index contributed by atoms with van der Waals surface area (Å²) in [5.74, 6) is 0. The Morgan fingerprint density at radius 2 is 1.51 bits per heavy atom. The molecule has 0 fully saturated rings. The van der Waals surface area contributed by atoms with Gasteiger partial charge in [-0.25, -0.2) is 9.97 Å². The summed E-state index contributed by atoms with van der Waals surface area (Å²) in [5, 5.41) is 26.3. The standard InChI is InChI=1S/C27H32N8O4/c36-13-20(7-6-17-4-2-1-3-5-17)28-8-19-11-31-25-23(19)34-16-35(27(25)39)12-21(14-37)29-9-18-10-30-24-22(18)32-15-33-26(24)38/h1-5,10-11,15-16,20-21,28-31,36-37H,6-9,12-14H2,(H,32,33,38). The number of aliphatic hydroxyl groups is 2. The fraction of sp³-hybridized carbons (Fsp3) is 0.333. The zero-order valence-corrected chi connectivity index (χ0v) is 21.4. The van der Waals surface area contributed by atoms with Crippen LogP contribution in [0.4, 0.5) is 0 Å². The molecule has 204 valence electrons. The van der Waals surface area contributed by atoms with E-state index in [-0.39, 0.29) is 36.9 Å². The van der Waals surface area contributed by atoms with Crippen molar-refractivity contribution in [1.82, 2.24) is 40.1 Å². The average Bonchev–Trinajstić information content (AvgIpc) is 3.58. The van der Waals surface area contributed by atoms with Crippen molar-refractivity contribution < 1.29 is 10.2 Å². The third kappa shape index (κ3) is 5.99. The average molecular weight is 533 g/mol. The van der Waals surface area contributed by atoms with Crippen molar-refractivity contribution in [2.75, 3.05) is 13.2 Å². The SMILES string of the molecule is O=c1[nH]cnc2c(CNC(CO)Cn3cnc4c(CNC(CO)CCc5ccccc5)c[nH]c4c3=O)c[nH]c12. The summed E-state index contributed by atoms with van der Waals surface area (Å²) in [6.45, 7) is 0.815. The van der Waals surface area contributed by atoms with Gasteiger partial charge in [0, 0.05) is 55.2 Å². The molecule has 1 aromatic carbocycles. The minimum Gasteiger partial charge on any atom is -0.395 e. The maximum atomic E-state index is 13.2. The first-order chi connectivity index (χ1) is 19.1. The van der Waals surface area contributed by atoms with Crippen LogP contribution in [0.5, 0.6) is 0 Å². The van der Waals surface area contributed by atoms with Gasteiger partial charge in [0.15, 0.2) is 0 Å². The van der Waals surface area contributed by atoms with E-state index < -0.39 is 6.04 Å². The molecule has 2 atom stereocenters. The van der Waals surface area contributed by atoms with Gasteiger partial charge in [0.05, 0.1) is 36.9 Å². The first-order valence-corrected chi connectivity index (χ1v) is 12.9. The molecule has 0 aliphatic rings. The summed E-state index contributed by atoms with van der Waals surface area (Å²) < 4.78 is 1.46. The third-order valence-corrected chi connectivity index (χ3v) is 6.93. The summed E-state index contributed by atoms with van der Waals surface area (Å²) in [5.41, 5.74) is 4.25. The second-order valence-corrected chi connectivity index (χ2v) is 9.55. The van der Waals surface area contributed by atoms with Gasteiger partial charge in [-0.3, -0.25) is 14.2 Å². The fourth-order valence-corrected chi connectivity index (χ4v) is 4.67. The van der Waals surface area contributed by atoms with Crippen LogP contribution in [0.1, 0.15) is 23.1 Å². The van der Waals surface area contributed by atoms with Crippen molar-refractivity contribution in [2.24, 2.45) is 0 Å². The largest absolute Gasteiger partial charge is 0.395 e. The minimum atomic E-state index is -0.431. The van der Waals surface area contributed by atoms with Crippen LogP contribution < -0.4 is 21.8 Å². The molecular formula is C27H32N8O4. The van der Waals surface area contributed by atoms with Crippen LogP contribution in [0.3, 0.4) is 0 Å². The number of benzene rings is 1. The van der Waals surface area contributed by atoms with Crippen molar-refractivity contribution in [3.63, 3.8) is 0 Å². The number of aromatic amines is 3. The molecule has 12 nitrogen and oxygen atoms in total. The van der Waals surface area contributed by atoms with Gasteiger partial charge in [-0.15, -0.1) is 0 Å². The number of rotatable bonds is 13. The number of hydrogen-bond acceptors (Lipinski definition) is 8. The van der Waals surface area contributed by atoms with Crippen LogP contribution in [0.25, 0.3) is 22.1 Å². The monoisotopic (exact) mass is 532 g/mol. The number of nitrogens with one attached hydrogen (secondary N) is 5. The number of aliphatic hydroxyl groups excluding tert-OH is 2. The van der Waals surface area contributed by atoms with E-state index in [2.05, 4.69) is 47.7 Å². The molecule has 4 aromatic heterocycles. The molecule has 0 aliphatic heterocycles. The van der Waals surface area contributed by atoms with E-state index in [1.165, 1.54) is 22.8 Å². The normalized spacial score (nSPS) is 13.3. The number of nitrogens with zero attached hydrogens (tertiary/aromatic N) is 3. The van der Waals surface area contributed by atoms with E-state index in [0.717, 1.165) is 24.0 Å². The first kappa shape index (κ1) is 26.5. The molecule has 0 spiro atoms. The highest BCUT2D eigenvalue weighted by Gasteiger charge is 2.16. The van der Waals surface area contributed by atoms with Gasteiger partial charge in [-0.1, -0.05) is 30.3 Å². The lowest BCUT2D eigenvalue weighted by atomic mass is 10.1. The van der Waals surface area contributed by atoms with E-state index in [1.54, 1.807) is 12.4 Å². The Morgan fingerprint density at radius 3 is 2.23 bits per heavy atom. The molecular weight excluding hydrogens is 500 g/mol. The maximum Gasteiger partial charge on any atom is 0.277 e. The zero-order chi connectivity index (χ0) is 27.2. The smallest absolute Gasteiger partial charge is 0.277 e. The third-order valence-electron chi connectivity index (χ3n) is 6.93. The van der Waals surface area contributed by atoms with Gasteiger partial charge in [0.2, 0.25) is 0 Å². The first-order valence-electron chi connectivity index (χ1n) is 12.9. The highest BCUT2D eigenvalue weighted by atomic mass is 16.3. The van der Waals surface area contributed by atoms with E-state index in [1.807, 2.05) is 18.2 Å². The molecule has 5 rings (SSSR count). The van der Waals surface area contributed by atoms with Gasteiger partial charge in [-0.05, 0) is 18.4 Å². The Morgan fingerprint density at radius 1 is 0.846 bits per heavy atom. The summed E-state index contributed by atoms with van der Waals surface area (Å²) in [6.07, 6.45) is 7.93. The Labute approximate surface area is 223 Å². The van der Waals surface area contributed by atoms with Gasteiger partial charge in [-0.2, -0.15) is 0 Å². The topological polar surface area (TPSA) is 177 Å². The summed E-state index contributed by atoms with van der Waals surface area (Å²) >= 11 is 0. The minimum absolute atomic E-state index is 0.01000. The molecule has 0 aliphatic carbocycles. The summed E-state index contributed by atoms with van der Waals surface area (Å²) in [6, 6.07) is 9.62. The Balaban J connectivity index is 1.21. The molecule has 12 heteroatoms. The number of hydrogen-bond donors (Lipinski definition) is 7. The molecule has 0 radical (unpaired) electrons. The van der Waals surface area contributed by atoms with Gasteiger partial charge >= 0.3 is 0 Å². The predicted molar refractivity (Wildman–Crippen MR) is 147 cm³/mol. The molecule has 4 heterocycles. The van der Waals surface area contributed by atoms with Crippen LogP contribution in [0.15, 0.2) is 65.0 Å². The van der Waals surface area contributed by atoms with E-state index >= 15 is 0 Å². The van der Waals surface area contributed by atoms with Gasteiger partial charge < -0.3 is 35.8 Å². The lowest BCUT2D eigenvalue weighted by Crippen LogP contribution is -2.39. The molecule has 2 unspecified atom stereocenters. The van der Waals surface area contributed by atoms with Crippen LogP contribution in [0.2, 0.25) is 0 Å².